The van der Waals surface area contributed by atoms with Crippen molar-refractivity contribution in [2.75, 3.05) is 18.7 Å². The number of nitrogens with one attached hydrogen (secondary N) is 2. The number of rotatable bonds is 6. The minimum absolute atomic E-state index is 0.0276. The fourth-order valence-corrected chi connectivity index (χ4v) is 5.99. The zero-order valence-corrected chi connectivity index (χ0v) is 20.8. The van der Waals surface area contributed by atoms with E-state index in [2.05, 4.69) is 41.3 Å². The second-order valence-corrected chi connectivity index (χ2v) is 11.5. The van der Waals surface area contributed by atoms with Crippen molar-refractivity contribution >= 4 is 17.2 Å². The predicted octanol–water partition coefficient (Wildman–Crippen LogP) is 6.23. The van der Waals surface area contributed by atoms with E-state index in [4.69, 9.17) is 10.00 Å². The Kier molecular flexibility index (Phi) is 6.24. The second-order valence-electron chi connectivity index (χ2n) is 11.5. The zero-order chi connectivity index (χ0) is 25.6. The summed E-state index contributed by atoms with van der Waals surface area (Å²) in [6.45, 7) is 3.27. The Morgan fingerprint density at radius 3 is 2.53 bits per heavy atom. The highest BCUT2D eigenvalue weighted by atomic mass is 19.1. The summed E-state index contributed by atoms with van der Waals surface area (Å²) in [6.07, 6.45) is 8.50. The Hall–Kier alpha value is -3.05. The smallest absolute Gasteiger partial charge is 0.291 e. The zero-order valence-electron chi connectivity index (χ0n) is 20.8. The van der Waals surface area contributed by atoms with Crippen LogP contribution in [0.2, 0.25) is 0 Å². The SMILES string of the molecule is CC1(C)CC=C(c2cc(C3CC4(CF)CCC(CF)(C3)O4)ccc2NC(=O)c2ncc(C#N)[nH]2)CC1. The lowest BCUT2D eigenvalue weighted by molar-refractivity contribution is -0.159. The van der Waals surface area contributed by atoms with Crippen LogP contribution >= 0.6 is 0 Å². The molecule has 2 atom stereocenters. The van der Waals surface area contributed by atoms with Crippen LogP contribution in [-0.4, -0.2) is 40.4 Å². The van der Waals surface area contributed by atoms with Crippen molar-refractivity contribution < 1.29 is 18.3 Å². The average molecular weight is 495 g/mol. The number of H-pyrrole nitrogens is 1. The van der Waals surface area contributed by atoms with Gasteiger partial charge in [-0.25, -0.2) is 13.8 Å². The van der Waals surface area contributed by atoms with Gasteiger partial charge in [0.1, 0.15) is 25.1 Å². The Morgan fingerprint density at radius 2 is 1.94 bits per heavy atom. The highest BCUT2D eigenvalue weighted by Gasteiger charge is 2.55. The van der Waals surface area contributed by atoms with Crippen molar-refractivity contribution in [3.05, 3.63) is 53.1 Å². The Bertz CT molecular complexity index is 1230. The van der Waals surface area contributed by atoms with Crippen molar-refractivity contribution in [3.63, 3.8) is 0 Å². The van der Waals surface area contributed by atoms with Crippen LogP contribution < -0.4 is 5.32 Å². The van der Waals surface area contributed by atoms with Crippen LogP contribution in [0.25, 0.3) is 5.57 Å². The first-order chi connectivity index (χ1) is 17.2. The maximum Gasteiger partial charge on any atom is 0.291 e. The summed E-state index contributed by atoms with van der Waals surface area (Å²) in [4.78, 5) is 19.6. The molecule has 1 aromatic carbocycles. The molecular formula is C28H32F2N4O2. The monoisotopic (exact) mass is 494 g/mol. The number of hydrogen-bond donors (Lipinski definition) is 2. The van der Waals surface area contributed by atoms with Gasteiger partial charge >= 0.3 is 0 Å². The molecule has 1 aromatic heterocycles. The molecule has 2 aromatic rings. The molecule has 2 unspecified atom stereocenters. The molecule has 0 radical (unpaired) electrons. The number of hydrogen-bond acceptors (Lipinski definition) is 4. The number of benzene rings is 1. The fourth-order valence-electron chi connectivity index (χ4n) is 5.99. The number of aromatic amines is 1. The van der Waals surface area contributed by atoms with E-state index >= 15 is 0 Å². The first kappa shape index (κ1) is 24.6. The first-order valence-electron chi connectivity index (χ1n) is 12.6. The summed E-state index contributed by atoms with van der Waals surface area (Å²) in [7, 11) is 0. The lowest BCUT2D eigenvalue weighted by atomic mass is 9.75. The number of anilines is 1. The molecule has 3 aliphatic rings. The van der Waals surface area contributed by atoms with Crippen molar-refractivity contribution in [1.82, 2.24) is 9.97 Å². The maximum absolute atomic E-state index is 14.1. The minimum atomic E-state index is -0.909. The van der Waals surface area contributed by atoms with Crippen LogP contribution in [-0.2, 0) is 4.74 Å². The van der Waals surface area contributed by atoms with E-state index < -0.39 is 30.5 Å². The van der Waals surface area contributed by atoms with Gasteiger partial charge in [0.05, 0.1) is 17.4 Å². The Morgan fingerprint density at radius 1 is 1.22 bits per heavy atom. The van der Waals surface area contributed by atoms with Gasteiger partial charge in [-0.15, -0.1) is 0 Å². The van der Waals surface area contributed by atoms with Crippen molar-refractivity contribution in [2.45, 2.75) is 75.9 Å². The maximum atomic E-state index is 14.1. The second kappa shape index (κ2) is 9.11. The molecule has 2 saturated heterocycles. The highest BCUT2D eigenvalue weighted by molar-refractivity contribution is 6.03. The van der Waals surface area contributed by atoms with Gasteiger partial charge in [-0.3, -0.25) is 4.79 Å². The number of fused-ring (bicyclic) bond motifs is 2. The molecule has 1 aliphatic carbocycles. The summed E-state index contributed by atoms with van der Waals surface area (Å²) in [6, 6.07) is 7.84. The van der Waals surface area contributed by atoms with Crippen molar-refractivity contribution in [3.8, 4) is 6.07 Å². The molecule has 8 heteroatoms. The van der Waals surface area contributed by atoms with Crippen LogP contribution in [0.1, 0.15) is 92.2 Å². The topological polar surface area (TPSA) is 90.8 Å². The number of allylic oxidation sites excluding steroid dienone is 2. The van der Waals surface area contributed by atoms with E-state index in [1.807, 2.05) is 18.2 Å². The number of imidazole rings is 1. The number of nitrogens with zero attached hydrogens (tertiary/aromatic N) is 2. The average Bonchev–Trinajstić information content (AvgIpc) is 3.47. The standard InChI is InChI=1S/C28H32F2N4O2/c1-26(2)7-5-18(6-8-26)22-11-19(20-12-27(16-29)9-10-28(13-20,17-30)36-27)3-4-23(22)34-25(35)24-32-15-21(14-31)33-24/h3-5,11,15,20H,6-10,12-13,16-17H2,1-2H3,(H,32,33)(H,34,35). The van der Waals surface area contributed by atoms with E-state index in [0.717, 1.165) is 36.0 Å². The van der Waals surface area contributed by atoms with E-state index in [0.29, 0.717) is 31.4 Å². The number of nitriles is 1. The number of amides is 1. The molecule has 2 fully saturated rings. The van der Waals surface area contributed by atoms with Gasteiger partial charge in [-0.1, -0.05) is 26.0 Å². The third-order valence-electron chi connectivity index (χ3n) is 8.19. The van der Waals surface area contributed by atoms with Crippen LogP contribution in [0.4, 0.5) is 14.5 Å². The van der Waals surface area contributed by atoms with Crippen LogP contribution in [0.3, 0.4) is 0 Å². The number of alkyl halides is 2. The molecule has 2 bridgehead atoms. The molecule has 190 valence electrons. The van der Waals surface area contributed by atoms with Gasteiger partial charge in [-0.2, -0.15) is 5.26 Å². The predicted molar refractivity (Wildman–Crippen MR) is 133 cm³/mol. The Balaban J connectivity index is 1.49. The fraction of sp³-hybridized carbons (Fsp3) is 0.536. The molecule has 0 saturated carbocycles. The van der Waals surface area contributed by atoms with E-state index in [1.54, 1.807) is 0 Å². The van der Waals surface area contributed by atoms with Gasteiger partial charge < -0.3 is 15.0 Å². The van der Waals surface area contributed by atoms with Gasteiger partial charge in [-0.05, 0) is 79.5 Å². The number of carbonyl (C=O) groups excluding carboxylic acids is 1. The summed E-state index contributed by atoms with van der Waals surface area (Å²) in [5, 5.41) is 12.0. The lowest BCUT2D eigenvalue weighted by Crippen LogP contribution is -2.45. The van der Waals surface area contributed by atoms with Gasteiger partial charge in [0, 0.05) is 11.3 Å². The summed E-state index contributed by atoms with van der Waals surface area (Å²) >= 11 is 0. The van der Waals surface area contributed by atoms with Crippen LogP contribution in [0, 0.1) is 16.7 Å². The van der Waals surface area contributed by atoms with E-state index in [1.165, 1.54) is 6.20 Å². The molecular weight excluding hydrogens is 462 g/mol. The molecule has 1 amide bonds. The summed E-state index contributed by atoms with van der Waals surface area (Å²) < 4.78 is 34.1. The van der Waals surface area contributed by atoms with Gasteiger partial charge in [0.2, 0.25) is 0 Å². The van der Waals surface area contributed by atoms with Gasteiger partial charge in [0.15, 0.2) is 5.82 Å². The highest BCUT2D eigenvalue weighted by Crippen LogP contribution is 2.54. The molecule has 3 heterocycles. The molecule has 0 spiro atoms. The number of halogens is 2. The van der Waals surface area contributed by atoms with Crippen molar-refractivity contribution in [2.24, 2.45) is 5.41 Å². The quantitative estimate of drug-likeness (QED) is 0.498. The number of aromatic nitrogens is 2. The lowest BCUT2D eigenvalue weighted by Gasteiger charge is -2.42. The molecule has 36 heavy (non-hydrogen) atoms. The molecule has 2 aliphatic heterocycles. The Labute approximate surface area is 210 Å². The molecule has 6 nitrogen and oxygen atoms in total. The molecule has 2 N–H and O–H groups in total. The number of carbonyl (C=O) groups is 1. The van der Waals surface area contributed by atoms with Crippen molar-refractivity contribution in [1.29, 1.82) is 5.26 Å². The third kappa shape index (κ3) is 4.57. The molecule has 5 rings (SSSR count). The van der Waals surface area contributed by atoms with E-state index in [9.17, 15) is 13.6 Å². The summed E-state index contributed by atoms with van der Waals surface area (Å²) in [5.74, 6) is -0.393. The summed E-state index contributed by atoms with van der Waals surface area (Å²) in [5.41, 5.74) is 2.35. The first-order valence-corrected chi connectivity index (χ1v) is 12.6. The third-order valence-corrected chi connectivity index (χ3v) is 8.19. The van der Waals surface area contributed by atoms with Crippen LogP contribution in [0.15, 0.2) is 30.5 Å². The minimum Gasteiger partial charge on any atom is -0.363 e. The van der Waals surface area contributed by atoms with Gasteiger partial charge in [0.25, 0.3) is 5.91 Å². The number of ether oxygens (including phenoxy) is 1. The van der Waals surface area contributed by atoms with Crippen LogP contribution in [0.5, 0.6) is 0 Å². The largest absolute Gasteiger partial charge is 0.363 e. The normalized spacial score (nSPS) is 28.9. The van der Waals surface area contributed by atoms with E-state index in [-0.39, 0.29) is 22.9 Å².